The molecule has 220 valence electrons. The first kappa shape index (κ1) is 28.6. The standard InChI is InChI=1S/C25H20F6N8O3/c26-24(27,28)15-11-33-23(34-12-15)38-5-3-37(4-6-38)21(40)8-16-13-39(18-7-14(10-32)1-2-19(18)42-16)20-9-17(25(29,30)31)22(41)36-35-20/h1-2,7,9,11-12,16H,3-6,8,13H2,(H,36,41). The molecule has 1 amide bonds. The maximum atomic E-state index is 13.4. The van der Waals surface area contributed by atoms with Crippen LogP contribution in [0.25, 0.3) is 0 Å². The number of hydrogen-bond acceptors (Lipinski definition) is 9. The second kappa shape index (κ2) is 10.8. The number of H-pyrrole nitrogens is 1. The van der Waals surface area contributed by atoms with Crippen LogP contribution < -0.4 is 20.1 Å². The third kappa shape index (κ3) is 5.92. The van der Waals surface area contributed by atoms with E-state index in [1.807, 2.05) is 11.2 Å². The molecule has 4 heterocycles. The first-order valence-corrected chi connectivity index (χ1v) is 12.4. The van der Waals surface area contributed by atoms with E-state index in [0.717, 1.165) is 0 Å². The average molecular weight is 594 g/mol. The van der Waals surface area contributed by atoms with Crippen LogP contribution in [-0.2, 0) is 17.1 Å². The molecule has 1 saturated heterocycles. The Bertz CT molecular complexity index is 1580. The molecule has 1 N–H and O–H groups in total. The summed E-state index contributed by atoms with van der Waals surface area (Å²) in [7, 11) is 0. The molecule has 11 nitrogen and oxygen atoms in total. The highest BCUT2D eigenvalue weighted by atomic mass is 19.4. The van der Waals surface area contributed by atoms with Gasteiger partial charge in [-0.2, -0.15) is 36.7 Å². The van der Waals surface area contributed by atoms with Crippen molar-refractivity contribution in [1.82, 2.24) is 25.1 Å². The number of nitrogens with one attached hydrogen (secondary N) is 1. The number of anilines is 3. The molecule has 5 rings (SSSR count). The molecule has 17 heteroatoms. The van der Waals surface area contributed by atoms with Crippen LogP contribution >= 0.6 is 0 Å². The number of hydrogen-bond donors (Lipinski definition) is 1. The maximum absolute atomic E-state index is 13.4. The molecule has 3 aromatic rings. The molecular weight excluding hydrogens is 574 g/mol. The normalized spacial score (nSPS) is 17.4. The van der Waals surface area contributed by atoms with Gasteiger partial charge in [0.15, 0.2) is 5.82 Å². The van der Waals surface area contributed by atoms with Gasteiger partial charge in [0.2, 0.25) is 11.9 Å². The van der Waals surface area contributed by atoms with Gasteiger partial charge in [0.25, 0.3) is 5.56 Å². The Balaban J connectivity index is 1.30. The summed E-state index contributed by atoms with van der Waals surface area (Å²) in [5.74, 6) is -0.287. The van der Waals surface area contributed by atoms with Gasteiger partial charge in [-0.05, 0) is 18.2 Å². The number of amides is 1. The molecule has 0 saturated carbocycles. The lowest BCUT2D eigenvalue weighted by Gasteiger charge is -2.38. The number of ether oxygens (including phenoxy) is 1. The lowest BCUT2D eigenvalue weighted by Crippen LogP contribution is -2.51. The zero-order valence-electron chi connectivity index (χ0n) is 21.4. The summed E-state index contributed by atoms with van der Waals surface area (Å²) in [6.45, 7) is 0.839. The lowest BCUT2D eigenvalue weighted by atomic mass is 10.1. The largest absolute Gasteiger partial charge is 0.486 e. The van der Waals surface area contributed by atoms with Crippen LogP contribution in [0.4, 0.5) is 43.8 Å². The van der Waals surface area contributed by atoms with E-state index in [4.69, 9.17) is 4.74 Å². The van der Waals surface area contributed by atoms with Crippen molar-refractivity contribution in [3.05, 3.63) is 63.7 Å². The summed E-state index contributed by atoms with van der Waals surface area (Å²) in [6.07, 6.45) is -9.12. The first-order valence-electron chi connectivity index (χ1n) is 12.4. The minimum Gasteiger partial charge on any atom is -0.486 e. The Labute approximate surface area is 232 Å². The number of aromatic amines is 1. The van der Waals surface area contributed by atoms with Crippen molar-refractivity contribution < 1.29 is 35.9 Å². The Hall–Kier alpha value is -4.88. The van der Waals surface area contributed by atoms with Crippen LogP contribution in [-0.4, -0.2) is 69.8 Å². The minimum atomic E-state index is -4.95. The van der Waals surface area contributed by atoms with Gasteiger partial charge in [-0.1, -0.05) is 0 Å². The molecule has 1 atom stereocenters. The Kier molecular flexibility index (Phi) is 7.39. The van der Waals surface area contributed by atoms with Crippen LogP contribution in [0.2, 0.25) is 0 Å². The quantitative estimate of drug-likeness (QED) is 0.453. The van der Waals surface area contributed by atoms with E-state index >= 15 is 0 Å². The summed E-state index contributed by atoms with van der Waals surface area (Å²) in [5, 5.41) is 14.9. The zero-order valence-corrected chi connectivity index (χ0v) is 21.4. The Morgan fingerprint density at radius 2 is 1.74 bits per heavy atom. The summed E-state index contributed by atoms with van der Waals surface area (Å²) >= 11 is 0. The van der Waals surface area contributed by atoms with Crippen LogP contribution in [0, 0.1) is 11.3 Å². The van der Waals surface area contributed by atoms with Crippen LogP contribution in [0.1, 0.15) is 23.1 Å². The number of piperazine rings is 1. The topological polar surface area (TPSA) is 131 Å². The van der Waals surface area contributed by atoms with Crippen molar-refractivity contribution >= 4 is 23.4 Å². The molecular formula is C25H20F6N8O3. The van der Waals surface area contributed by atoms with E-state index in [2.05, 4.69) is 15.1 Å². The summed E-state index contributed by atoms with van der Waals surface area (Å²) in [6, 6.07) is 6.84. The number of nitrogens with zero attached hydrogens (tertiary/aromatic N) is 7. The van der Waals surface area contributed by atoms with Crippen molar-refractivity contribution in [3.8, 4) is 11.8 Å². The van der Waals surface area contributed by atoms with Crippen LogP contribution in [0.3, 0.4) is 0 Å². The lowest BCUT2D eigenvalue weighted by molar-refractivity contribution is -0.139. The summed E-state index contributed by atoms with van der Waals surface area (Å²) < 4.78 is 84.6. The number of carbonyl (C=O) groups is 1. The van der Waals surface area contributed by atoms with Crippen LogP contribution in [0.15, 0.2) is 41.5 Å². The number of alkyl halides is 6. The molecule has 0 aliphatic carbocycles. The van der Waals surface area contributed by atoms with E-state index in [-0.39, 0.29) is 73.8 Å². The third-order valence-corrected chi connectivity index (χ3v) is 6.71. The monoisotopic (exact) mass is 594 g/mol. The van der Waals surface area contributed by atoms with Crippen molar-refractivity contribution in [2.45, 2.75) is 24.9 Å². The second-order valence-electron chi connectivity index (χ2n) is 9.45. The number of rotatable bonds is 4. The molecule has 2 aliphatic heterocycles. The minimum absolute atomic E-state index is 0.0985. The number of fused-ring (bicyclic) bond motifs is 1. The van der Waals surface area contributed by atoms with Crippen LogP contribution in [0.5, 0.6) is 5.75 Å². The zero-order chi connectivity index (χ0) is 30.2. The van der Waals surface area contributed by atoms with Gasteiger partial charge in [0.1, 0.15) is 17.4 Å². The number of aromatic nitrogens is 4. The first-order chi connectivity index (χ1) is 19.8. The smallest absolute Gasteiger partial charge is 0.421 e. The Morgan fingerprint density at radius 1 is 1.05 bits per heavy atom. The molecule has 1 unspecified atom stereocenters. The number of benzene rings is 1. The fourth-order valence-corrected chi connectivity index (χ4v) is 4.59. The third-order valence-electron chi connectivity index (χ3n) is 6.71. The van der Waals surface area contributed by atoms with Gasteiger partial charge < -0.3 is 19.4 Å². The molecule has 1 fully saturated rings. The van der Waals surface area contributed by atoms with Crippen molar-refractivity contribution in [2.75, 3.05) is 42.5 Å². The van der Waals surface area contributed by atoms with E-state index < -0.39 is 35.1 Å². The predicted molar refractivity (Wildman–Crippen MR) is 133 cm³/mol. The van der Waals surface area contributed by atoms with E-state index in [9.17, 15) is 41.2 Å². The molecule has 2 aromatic heterocycles. The number of carbonyl (C=O) groups excluding carboxylic acids is 1. The van der Waals surface area contributed by atoms with Gasteiger partial charge in [0.05, 0.1) is 35.8 Å². The molecule has 1 aromatic carbocycles. The SMILES string of the molecule is N#Cc1ccc2c(c1)N(c1cc(C(F)(F)F)c(=O)[nH]n1)CC(CC(=O)N1CCN(c3ncc(C(F)(F)F)cn3)CC1)O2. The van der Waals surface area contributed by atoms with Gasteiger partial charge in [-0.3, -0.25) is 9.59 Å². The summed E-state index contributed by atoms with van der Waals surface area (Å²) in [5.41, 5.74) is -3.42. The molecule has 2 aliphatic rings. The van der Waals surface area contributed by atoms with Crippen molar-refractivity contribution in [2.24, 2.45) is 0 Å². The second-order valence-corrected chi connectivity index (χ2v) is 9.45. The van der Waals surface area contributed by atoms with E-state index in [1.54, 1.807) is 4.90 Å². The average Bonchev–Trinajstić information content (AvgIpc) is 2.96. The fraction of sp³-hybridized carbons (Fsp3) is 0.360. The maximum Gasteiger partial charge on any atom is 0.421 e. The highest BCUT2D eigenvalue weighted by molar-refractivity contribution is 5.78. The van der Waals surface area contributed by atoms with Gasteiger partial charge in [0, 0.05) is 44.6 Å². The van der Waals surface area contributed by atoms with E-state index in [0.29, 0.717) is 18.5 Å². The molecule has 0 radical (unpaired) electrons. The molecule has 0 spiro atoms. The van der Waals surface area contributed by atoms with Gasteiger partial charge in [-0.25, -0.2) is 15.1 Å². The van der Waals surface area contributed by atoms with Crippen molar-refractivity contribution in [1.29, 1.82) is 5.26 Å². The molecule has 0 bridgehead atoms. The number of nitriles is 1. The van der Waals surface area contributed by atoms with E-state index in [1.165, 1.54) is 28.0 Å². The molecule has 42 heavy (non-hydrogen) atoms. The van der Waals surface area contributed by atoms with Gasteiger partial charge >= 0.3 is 12.4 Å². The van der Waals surface area contributed by atoms with Crippen molar-refractivity contribution in [3.63, 3.8) is 0 Å². The Morgan fingerprint density at radius 3 is 2.36 bits per heavy atom. The number of halogens is 6. The highest BCUT2D eigenvalue weighted by Gasteiger charge is 2.37. The highest BCUT2D eigenvalue weighted by Crippen LogP contribution is 2.39. The summed E-state index contributed by atoms with van der Waals surface area (Å²) in [4.78, 5) is 37.0. The predicted octanol–water partition coefficient (Wildman–Crippen LogP) is 3.11. The fourth-order valence-electron chi connectivity index (χ4n) is 4.59. The van der Waals surface area contributed by atoms with Gasteiger partial charge in [-0.15, -0.1) is 0 Å².